The van der Waals surface area contributed by atoms with Crippen LogP contribution in [0.25, 0.3) is 0 Å². The molecule has 0 aliphatic heterocycles. The molecule has 1 rings (SSSR count). The summed E-state index contributed by atoms with van der Waals surface area (Å²) in [6.07, 6.45) is 1.34. The Labute approximate surface area is 99.2 Å². The van der Waals surface area contributed by atoms with Gasteiger partial charge >= 0.3 is 0 Å². The molecule has 1 aromatic carbocycles. The lowest BCUT2D eigenvalue weighted by Crippen LogP contribution is -2.11. The molecule has 0 bridgehead atoms. The zero-order chi connectivity index (χ0) is 9.84. The van der Waals surface area contributed by atoms with Crippen molar-refractivity contribution in [3.05, 3.63) is 28.8 Å². The van der Waals surface area contributed by atoms with E-state index in [0.717, 1.165) is 10.5 Å². The third-order valence-corrected chi connectivity index (χ3v) is 3.00. The molecule has 1 atom stereocenters. The van der Waals surface area contributed by atoms with Gasteiger partial charge in [0, 0.05) is 11.4 Å². The topological polar surface area (TPSA) is 46.2 Å². The van der Waals surface area contributed by atoms with Crippen LogP contribution in [0.15, 0.2) is 23.1 Å². The Hall–Kier alpha value is 0.0700. The van der Waals surface area contributed by atoms with Crippen LogP contribution in [0.3, 0.4) is 0 Å². The highest BCUT2D eigenvalue weighted by Gasteiger charge is 2.07. The van der Waals surface area contributed by atoms with Crippen molar-refractivity contribution in [3.63, 3.8) is 0 Å². The van der Waals surface area contributed by atoms with Crippen molar-refractivity contribution < 1.29 is 5.11 Å². The van der Waals surface area contributed by atoms with Crippen LogP contribution in [0, 0.1) is 0 Å². The Morgan fingerprint density at radius 2 is 2.21 bits per heavy atom. The van der Waals surface area contributed by atoms with Crippen LogP contribution in [0.2, 0.25) is 5.02 Å². The molecule has 0 aliphatic carbocycles. The second-order valence-corrected chi connectivity index (χ2v) is 3.90. The van der Waals surface area contributed by atoms with Crippen molar-refractivity contribution in [3.8, 4) is 0 Å². The minimum absolute atomic E-state index is 0. The SMILES string of the molecule is CSc1ccc([C@H](O)CN)cc1Cl.Cl. The monoisotopic (exact) mass is 253 g/mol. The summed E-state index contributed by atoms with van der Waals surface area (Å²) in [5, 5.41) is 10.1. The first-order valence-corrected chi connectivity index (χ1v) is 5.51. The molecular formula is C9H13Cl2NOS. The van der Waals surface area contributed by atoms with Gasteiger partial charge in [-0.2, -0.15) is 0 Å². The Bertz CT molecular complexity index is 296. The molecule has 0 aromatic heterocycles. The zero-order valence-corrected chi connectivity index (χ0v) is 10.1. The summed E-state index contributed by atoms with van der Waals surface area (Å²) < 4.78 is 0. The highest BCUT2D eigenvalue weighted by atomic mass is 35.5. The van der Waals surface area contributed by atoms with Crippen molar-refractivity contribution in [2.45, 2.75) is 11.0 Å². The van der Waals surface area contributed by atoms with Crippen LogP contribution >= 0.6 is 35.8 Å². The number of nitrogens with two attached hydrogens (primary N) is 1. The standard InChI is InChI=1S/C9H12ClNOS.ClH/c1-13-9-3-2-6(4-7(9)10)8(12)5-11;/h2-4,8,12H,5,11H2,1H3;1H/t8-;/m1./s1. The van der Waals surface area contributed by atoms with Crippen LogP contribution in [0.4, 0.5) is 0 Å². The number of hydrogen-bond donors (Lipinski definition) is 2. The van der Waals surface area contributed by atoms with Crippen LogP contribution in [-0.2, 0) is 0 Å². The quantitative estimate of drug-likeness (QED) is 0.814. The van der Waals surface area contributed by atoms with Crippen molar-refractivity contribution in [1.29, 1.82) is 0 Å². The van der Waals surface area contributed by atoms with E-state index in [9.17, 15) is 5.11 Å². The van der Waals surface area contributed by atoms with Crippen LogP contribution in [0.1, 0.15) is 11.7 Å². The first-order valence-electron chi connectivity index (χ1n) is 3.90. The lowest BCUT2D eigenvalue weighted by molar-refractivity contribution is 0.186. The average molecular weight is 254 g/mol. The second kappa shape index (κ2) is 6.53. The highest BCUT2D eigenvalue weighted by Crippen LogP contribution is 2.27. The molecule has 3 N–H and O–H groups in total. The maximum atomic E-state index is 9.43. The molecule has 0 aliphatic rings. The number of thioether (sulfide) groups is 1. The van der Waals surface area contributed by atoms with Gasteiger partial charge in [-0.15, -0.1) is 24.2 Å². The first-order chi connectivity index (χ1) is 6.19. The van der Waals surface area contributed by atoms with Crippen molar-refractivity contribution in [2.24, 2.45) is 5.73 Å². The van der Waals surface area contributed by atoms with E-state index in [0.29, 0.717) is 5.02 Å². The maximum Gasteiger partial charge on any atom is 0.0912 e. The summed E-state index contributed by atoms with van der Waals surface area (Å²) in [5.74, 6) is 0. The number of aliphatic hydroxyl groups is 1. The first kappa shape index (κ1) is 14.1. The number of benzene rings is 1. The molecule has 0 unspecified atom stereocenters. The normalized spacial score (nSPS) is 12.0. The lowest BCUT2D eigenvalue weighted by Gasteiger charge is -2.09. The molecule has 0 fully saturated rings. The van der Waals surface area contributed by atoms with E-state index < -0.39 is 6.10 Å². The molecule has 0 saturated carbocycles. The predicted molar refractivity (Wildman–Crippen MR) is 64.5 cm³/mol. The molecule has 0 amide bonds. The van der Waals surface area contributed by atoms with Crippen molar-refractivity contribution in [2.75, 3.05) is 12.8 Å². The third kappa shape index (κ3) is 3.33. The smallest absolute Gasteiger partial charge is 0.0912 e. The van der Waals surface area contributed by atoms with Gasteiger partial charge in [0.15, 0.2) is 0 Å². The predicted octanol–water partition coefficient (Wildman–Crippen LogP) is 2.48. The lowest BCUT2D eigenvalue weighted by atomic mass is 10.1. The molecule has 0 radical (unpaired) electrons. The van der Waals surface area contributed by atoms with Crippen LogP contribution in [0.5, 0.6) is 0 Å². The largest absolute Gasteiger partial charge is 0.387 e. The van der Waals surface area contributed by atoms with Gasteiger partial charge in [0.2, 0.25) is 0 Å². The van der Waals surface area contributed by atoms with Gasteiger partial charge in [-0.1, -0.05) is 17.7 Å². The van der Waals surface area contributed by atoms with Crippen molar-refractivity contribution in [1.82, 2.24) is 0 Å². The molecule has 5 heteroatoms. The Morgan fingerprint density at radius 3 is 2.64 bits per heavy atom. The number of halogens is 2. The van der Waals surface area contributed by atoms with Gasteiger partial charge in [-0.3, -0.25) is 0 Å². The van der Waals surface area contributed by atoms with E-state index in [1.807, 2.05) is 18.4 Å². The van der Waals surface area contributed by atoms with Gasteiger partial charge in [-0.25, -0.2) is 0 Å². The molecule has 14 heavy (non-hydrogen) atoms. The van der Waals surface area contributed by atoms with E-state index in [1.54, 1.807) is 17.8 Å². The highest BCUT2D eigenvalue weighted by molar-refractivity contribution is 7.98. The van der Waals surface area contributed by atoms with E-state index in [-0.39, 0.29) is 19.0 Å². The van der Waals surface area contributed by atoms with Crippen molar-refractivity contribution >= 4 is 35.8 Å². The van der Waals surface area contributed by atoms with Gasteiger partial charge < -0.3 is 10.8 Å². The van der Waals surface area contributed by atoms with Gasteiger partial charge in [0.25, 0.3) is 0 Å². The molecule has 0 spiro atoms. The van der Waals surface area contributed by atoms with E-state index in [1.165, 1.54) is 0 Å². The Balaban J connectivity index is 0.00000169. The van der Waals surface area contributed by atoms with E-state index in [4.69, 9.17) is 17.3 Å². The van der Waals surface area contributed by atoms with Gasteiger partial charge in [0.1, 0.15) is 0 Å². The summed E-state index contributed by atoms with van der Waals surface area (Å²) in [4.78, 5) is 1.01. The van der Waals surface area contributed by atoms with Gasteiger partial charge in [-0.05, 0) is 24.0 Å². The van der Waals surface area contributed by atoms with Crippen LogP contribution < -0.4 is 5.73 Å². The summed E-state index contributed by atoms with van der Waals surface area (Å²) >= 11 is 7.54. The zero-order valence-electron chi connectivity index (χ0n) is 7.74. The molecule has 2 nitrogen and oxygen atoms in total. The minimum Gasteiger partial charge on any atom is -0.387 e. The summed E-state index contributed by atoms with van der Waals surface area (Å²) in [6.45, 7) is 0.217. The van der Waals surface area contributed by atoms with Gasteiger partial charge in [0.05, 0.1) is 11.1 Å². The fraction of sp³-hybridized carbons (Fsp3) is 0.333. The number of hydrogen-bond acceptors (Lipinski definition) is 3. The van der Waals surface area contributed by atoms with E-state index >= 15 is 0 Å². The van der Waals surface area contributed by atoms with Crippen LogP contribution in [-0.4, -0.2) is 17.9 Å². The fourth-order valence-electron chi connectivity index (χ4n) is 1.03. The summed E-state index contributed by atoms with van der Waals surface area (Å²) in [6, 6.07) is 5.49. The molecule has 80 valence electrons. The number of aliphatic hydroxyl groups excluding tert-OH is 1. The maximum absolute atomic E-state index is 9.43. The fourth-order valence-corrected chi connectivity index (χ4v) is 1.90. The molecule has 0 heterocycles. The molecule has 0 saturated heterocycles. The Kier molecular flexibility index (Phi) is 6.57. The number of rotatable bonds is 3. The minimum atomic E-state index is -0.617. The second-order valence-electron chi connectivity index (χ2n) is 2.65. The summed E-state index contributed by atoms with van der Waals surface area (Å²) in [5.41, 5.74) is 6.10. The average Bonchev–Trinajstić information content (AvgIpc) is 2.16. The third-order valence-electron chi connectivity index (χ3n) is 1.78. The summed E-state index contributed by atoms with van der Waals surface area (Å²) in [7, 11) is 0. The molecule has 1 aromatic rings. The molecular weight excluding hydrogens is 241 g/mol. The Morgan fingerprint density at radius 1 is 1.57 bits per heavy atom. The van der Waals surface area contributed by atoms with E-state index in [2.05, 4.69) is 0 Å².